The van der Waals surface area contributed by atoms with Crippen LogP contribution in [0, 0.1) is 5.92 Å². The Morgan fingerprint density at radius 1 is 1.62 bits per heavy atom. The molecule has 13 heavy (non-hydrogen) atoms. The second-order valence-electron chi connectivity index (χ2n) is 3.80. The third-order valence-electron chi connectivity index (χ3n) is 2.34. The van der Waals surface area contributed by atoms with Crippen LogP contribution in [0.5, 0.6) is 0 Å². The maximum Gasteiger partial charge on any atom is 0.0617 e. The number of hydrogen-bond donors (Lipinski definition) is 1. The quantitative estimate of drug-likeness (QED) is 0.635. The highest BCUT2D eigenvalue weighted by atomic mass is 16.5. The molecule has 1 aliphatic rings. The molecule has 0 aromatic carbocycles. The van der Waals surface area contributed by atoms with Gasteiger partial charge in [-0.2, -0.15) is 0 Å². The molecule has 0 aliphatic carbocycles. The topological polar surface area (TPSA) is 44.5 Å². The van der Waals surface area contributed by atoms with Crippen molar-refractivity contribution in [3.63, 3.8) is 0 Å². The van der Waals surface area contributed by atoms with E-state index in [1.807, 2.05) is 0 Å². The van der Waals surface area contributed by atoms with Gasteiger partial charge in [0.1, 0.15) is 0 Å². The van der Waals surface area contributed by atoms with Gasteiger partial charge in [-0.05, 0) is 25.2 Å². The van der Waals surface area contributed by atoms with Crippen LogP contribution in [0.4, 0.5) is 0 Å². The summed E-state index contributed by atoms with van der Waals surface area (Å²) in [7, 11) is 0. The largest absolute Gasteiger partial charge is 0.381 e. The van der Waals surface area contributed by atoms with Crippen LogP contribution in [-0.2, 0) is 9.47 Å². The number of hydrogen-bond acceptors (Lipinski definition) is 3. The number of nitrogens with two attached hydrogens (primary N) is 1. The predicted octanol–water partition coefficient (Wildman–Crippen LogP) is 1.17. The maximum absolute atomic E-state index is 5.91. The molecule has 0 radical (unpaired) electrons. The van der Waals surface area contributed by atoms with Crippen LogP contribution >= 0.6 is 0 Å². The summed E-state index contributed by atoms with van der Waals surface area (Å²) >= 11 is 0. The first-order valence-electron chi connectivity index (χ1n) is 5.24. The van der Waals surface area contributed by atoms with Gasteiger partial charge in [0.2, 0.25) is 0 Å². The van der Waals surface area contributed by atoms with Crippen LogP contribution in [0.15, 0.2) is 0 Å². The van der Waals surface area contributed by atoms with Crippen LogP contribution in [0.25, 0.3) is 0 Å². The zero-order valence-corrected chi connectivity index (χ0v) is 8.50. The third kappa shape index (κ3) is 4.60. The van der Waals surface area contributed by atoms with Gasteiger partial charge in [0, 0.05) is 25.9 Å². The average molecular weight is 187 g/mol. The standard InChI is InChI=1S/C10H21NO2/c1-2-4-12-8-10(11)6-9-3-5-13-7-9/h9-10H,2-8,11H2,1H3. The van der Waals surface area contributed by atoms with Gasteiger partial charge in [0.25, 0.3) is 0 Å². The Kier molecular flexibility index (Phi) is 5.35. The van der Waals surface area contributed by atoms with Gasteiger partial charge < -0.3 is 15.2 Å². The van der Waals surface area contributed by atoms with Crippen molar-refractivity contribution in [2.24, 2.45) is 11.7 Å². The van der Waals surface area contributed by atoms with Crippen LogP contribution < -0.4 is 5.73 Å². The predicted molar refractivity (Wildman–Crippen MR) is 52.6 cm³/mol. The van der Waals surface area contributed by atoms with Gasteiger partial charge in [0.05, 0.1) is 6.61 Å². The molecule has 2 unspecified atom stereocenters. The van der Waals surface area contributed by atoms with E-state index in [1.165, 1.54) is 6.42 Å². The van der Waals surface area contributed by atoms with Crippen molar-refractivity contribution in [1.82, 2.24) is 0 Å². The molecular weight excluding hydrogens is 166 g/mol. The van der Waals surface area contributed by atoms with E-state index in [9.17, 15) is 0 Å². The van der Waals surface area contributed by atoms with Gasteiger partial charge in [-0.3, -0.25) is 0 Å². The van der Waals surface area contributed by atoms with Crippen LogP contribution in [0.1, 0.15) is 26.2 Å². The Hall–Kier alpha value is -0.120. The van der Waals surface area contributed by atoms with Crippen molar-refractivity contribution in [3.05, 3.63) is 0 Å². The van der Waals surface area contributed by atoms with E-state index in [0.29, 0.717) is 12.5 Å². The molecule has 0 aromatic heterocycles. The second-order valence-corrected chi connectivity index (χ2v) is 3.80. The van der Waals surface area contributed by atoms with Crippen LogP contribution in [0.2, 0.25) is 0 Å². The molecular formula is C10H21NO2. The Morgan fingerprint density at radius 2 is 2.46 bits per heavy atom. The van der Waals surface area contributed by atoms with E-state index in [2.05, 4.69) is 6.92 Å². The van der Waals surface area contributed by atoms with E-state index in [4.69, 9.17) is 15.2 Å². The molecule has 3 heteroatoms. The molecule has 1 saturated heterocycles. The maximum atomic E-state index is 5.91. The van der Waals surface area contributed by atoms with Gasteiger partial charge in [-0.15, -0.1) is 0 Å². The average Bonchev–Trinajstić information content (AvgIpc) is 2.57. The van der Waals surface area contributed by atoms with Gasteiger partial charge in [0.15, 0.2) is 0 Å². The van der Waals surface area contributed by atoms with E-state index in [-0.39, 0.29) is 6.04 Å². The molecule has 2 atom stereocenters. The van der Waals surface area contributed by atoms with Crippen molar-refractivity contribution in [1.29, 1.82) is 0 Å². The molecule has 1 rings (SSSR count). The summed E-state index contributed by atoms with van der Waals surface area (Å²) in [5.74, 6) is 0.667. The summed E-state index contributed by atoms with van der Waals surface area (Å²) < 4.78 is 10.7. The lowest BCUT2D eigenvalue weighted by molar-refractivity contribution is 0.112. The first kappa shape index (κ1) is 11.0. The zero-order valence-electron chi connectivity index (χ0n) is 8.50. The van der Waals surface area contributed by atoms with Crippen molar-refractivity contribution >= 4 is 0 Å². The lowest BCUT2D eigenvalue weighted by Gasteiger charge is -2.15. The molecule has 1 aliphatic heterocycles. The normalized spacial score (nSPS) is 24.9. The molecule has 0 saturated carbocycles. The van der Waals surface area contributed by atoms with E-state index >= 15 is 0 Å². The van der Waals surface area contributed by atoms with E-state index in [0.717, 1.165) is 32.7 Å². The molecule has 1 fully saturated rings. The highest BCUT2D eigenvalue weighted by molar-refractivity contribution is 4.71. The Balaban J connectivity index is 1.99. The van der Waals surface area contributed by atoms with Crippen LogP contribution in [-0.4, -0.2) is 32.5 Å². The second kappa shape index (κ2) is 6.35. The summed E-state index contributed by atoms with van der Waals surface area (Å²) in [6, 6.07) is 0.193. The fourth-order valence-corrected chi connectivity index (χ4v) is 1.64. The van der Waals surface area contributed by atoms with Crippen molar-refractivity contribution < 1.29 is 9.47 Å². The Labute approximate surface area is 80.6 Å². The molecule has 0 aromatic rings. The minimum absolute atomic E-state index is 0.193. The summed E-state index contributed by atoms with van der Waals surface area (Å²) in [5, 5.41) is 0. The fourth-order valence-electron chi connectivity index (χ4n) is 1.64. The summed E-state index contributed by atoms with van der Waals surface area (Å²) in [6.07, 6.45) is 3.28. The van der Waals surface area contributed by atoms with Crippen molar-refractivity contribution in [2.45, 2.75) is 32.2 Å². The first-order chi connectivity index (χ1) is 6.33. The van der Waals surface area contributed by atoms with Gasteiger partial charge in [-0.1, -0.05) is 6.92 Å². The Bertz CT molecular complexity index is 124. The van der Waals surface area contributed by atoms with E-state index in [1.54, 1.807) is 0 Å². The summed E-state index contributed by atoms with van der Waals surface area (Å²) in [6.45, 7) is 5.43. The van der Waals surface area contributed by atoms with E-state index < -0.39 is 0 Å². The lowest BCUT2D eigenvalue weighted by atomic mass is 10.0. The summed E-state index contributed by atoms with van der Waals surface area (Å²) in [5.41, 5.74) is 5.91. The highest BCUT2D eigenvalue weighted by Gasteiger charge is 2.18. The monoisotopic (exact) mass is 187 g/mol. The highest BCUT2D eigenvalue weighted by Crippen LogP contribution is 2.17. The molecule has 2 N–H and O–H groups in total. The zero-order chi connectivity index (χ0) is 9.52. The fraction of sp³-hybridized carbons (Fsp3) is 1.00. The minimum atomic E-state index is 0.193. The molecule has 3 nitrogen and oxygen atoms in total. The van der Waals surface area contributed by atoms with Gasteiger partial charge >= 0.3 is 0 Å². The number of ether oxygens (including phenoxy) is 2. The van der Waals surface area contributed by atoms with Crippen LogP contribution in [0.3, 0.4) is 0 Å². The molecule has 78 valence electrons. The minimum Gasteiger partial charge on any atom is -0.381 e. The SMILES string of the molecule is CCCOCC(N)CC1CCOC1. The molecule has 1 heterocycles. The smallest absolute Gasteiger partial charge is 0.0617 e. The lowest BCUT2D eigenvalue weighted by Crippen LogP contribution is -2.29. The molecule has 0 bridgehead atoms. The Morgan fingerprint density at radius 3 is 3.08 bits per heavy atom. The summed E-state index contributed by atoms with van der Waals surface area (Å²) in [4.78, 5) is 0. The third-order valence-corrected chi connectivity index (χ3v) is 2.34. The van der Waals surface area contributed by atoms with Crippen molar-refractivity contribution in [3.8, 4) is 0 Å². The molecule has 0 spiro atoms. The molecule has 0 amide bonds. The van der Waals surface area contributed by atoms with Gasteiger partial charge in [-0.25, -0.2) is 0 Å². The number of rotatable bonds is 6. The first-order valence-corrected chi connectivity index (χ1v) is 5.24. The van der Waals surface area contributed by atoms with Crippen molar-refractivity contribution in [2.75, 3.05) is 26.4 Å².